The maximum Gasteiger partial charge on any atom is 0.102 e. The fourth-order valence-electron chi connectivity index (χ4n) is 1.96. The van der Waals surface area contributed by atoms with Gasteiger partial charge in [0, 0.05) is 25.6 Å². The molecule has 0 atom stereocenters. The molecule has 138 valence electrons. The lowest BCUT2D eigenvalue weighted by Gasteiger charge is -2.37. The number of quaternary nitrogens is 1. The first-order valence-electron chi connectivity index (χ1n) is 8.38. The van der Waals surface area contributed by atoms with Crippen LogP contribution in [0.5, 0.6) is 0 Å². The summed E-state index contributed by atoms with van der Waals surface area (Å²) >= 11 is 0. The molecule has 1 heterocycles. The van der Waals surface area contributed by atoms with Crippen LogP contribution in [0.3, 0.4) is 0 Å². The number of morpholine rings is 1. The Labute approximate surface area is 140 Å². The molecule has 1 fully saturated rings. The second-order valence-corrected chi connectivity index (χ2v) is 5.53. The van der Waals surface area contributed by atoms with Crippen LogP contribution in [-0.2, 0) is 23.7 Å². The fourth-order valence-corrected chi connectivity index (χ4v) is 1.96. The lowest BCUT2D eigenvalue weighted by molar-refractivity contribution is -0.917. The quantitative estimate of drug-likeness (QED) is 0.380. The molecule has 0 aromatic heterocycles. The predicted octanol–water partition coefficient (Wildman–Crippen LogP) is -0.321. The standard InChI is InChI=1S/C9H20NO2.C7H14O4/c1-3-11-7-4-10(2)5-8-12-9-6-10;1-2-10-5-6-11-4-3-7(8)9/h3-9H2,1-2H3;2-6H2,1H3,(H,8,9)/q+1;/p-1. The summed E-state index contributed by atoms with van der Waals surface area (Å²) in [5, 5.41) is 9.87. The number of hydrogen-bond donors (Lipinski definition) is 0. The van der Waals surface area contributed by atoms with Gasteiger partial charge in [-0.2, -0.15) is 0 Å². The molecule has 1 aliphatic heterocycles. The maximum absolute atomic E-state index is 9.87. The number of ether oxygens (including phenoxy) is 4. The predicted molar refractivity (Wildman–Crippen MR) is 85.0 cm³/mol. The lowest BCUT2D eigenvalue weighted by Crippen LogP contribution is -2.53. The van der Waals surface area contributed by atoms with E-state index in [1.807, 2.05) is 13.8 Å². The van der Waals surface area contributed by atoms with Crippen molar-refractivity contribution in [2.24, 2.45) is 0 Å². The van der Waals surface area contributed by atoms with Crippen molar-refractivity contribution in [1.29, 1.82) is 0 Å². The summed E-state index contributed by atoms with van der Waals surface area (Å²) in [7, 11) is 2.28. The normalized spacial score (nSPS) is 16.5. The van der Waals surface area contributed by atoms with Gasteiger partial charge in [-0.1, -0.05) is 0 Å². The van der Waals surface area contributed by atoms with Crippen molar-refractivity contribution >= 4 is 5.97 Å². The van der Waals surface area contributed by atoms with E-state index in [0.717, 1.165) is 50.5 Å². The molecular formula is C16H33NO6. The van der Waals surface area contributed by atoms with Gasteiger partial charge >= 0.3 is 0 Å². The molecule has 0 saturated carbocycles. The van der Waals surface area contributed by atoms with E-state index in [2.05, 4.69) is 7.05 Å². The lowest BCUT2D eigenvalue weighted by atomic mass is 10.3. The number of carbonyl (C=O) groups excluding carboxylic acids is 1. The van der Waals surface area contributed by atoms with Crippen molar-refractivity contribution in [3.05, 3.63) is 0 Å². The average Bonchev–Trinajstić information content (AvgIpc) is 2.52. The van der Waals surface area contributed by atoms with Crippen LogP contribution in [0.15, 0.2) is 0 Å². The third-order valence-electron chi connectivity index (χ3n) is 3.56. The summed E-state index contributed by atoms with van der Waals surface area (Å²) in [6.45, 7) is 12.7. The molecule has 0 unspecified atom stereocenters. The number of carboxylic acid groups (broad SMARTS) is 1. The number of rotatable bonds is 11. The van der Waals surface area contributed by atoms with Gasteiger partial charge in [0.15, 0.2) is 0 Å². The molecule has 1 rings (SSSR count). The summed E-state index contributed by atoms with van der Waals surface area (Å²) in [5.41, 5.74) is 0. The minimum Gasteiger partial charge on any atom is -0.550 e. The topological polar surface area (TPSA) is 77.1 Å². The highest BCUT2D eigenvalue weighted by Crippen LogP contribution is 2.06. The second-order valence-electron chi connectivity index (χ2n) is 5.53. The van der Waals surface area contributed by atoms with Crippen LogP contribution < -0.4 is 5.11 Å². The number of carboxylic acids is 1. The molecule has 7 nitrogen and oxygen atoms in total. The van der Waals surface area contributed by atoms with E-state index in [0.29, 0.717) is 19.8 Å². The van der Waals surface area contributed by atoms with E-state index in [1.54, 1.807) is 0 Å². The minimum absolute atomic E-state index is 0.0495. The Morgan fingerprint density at radius 1 is 1.00 bits per heavy atom. The monoisotopic (exact) mass is 335 g/mol. The first-order valence-corrected chi connectivity index (χ1v) is 8.38. The Bertz CT molecular complexity index is 282. The molecule has 0 amide bonds. The van der Waals surface area contributed by atoms with Crippen molar-refractivity contribution < 1.29 is 33.3 Å². The minimum atomic E-state index is -1.08. The Kier molecular flexibility index (Phi) is 14.4. The average molecular weight is 335 g/mol. The highest BCUT2D eigenvalue weighted by Gasteiger charge is 2.24. The van der Waals surface area contributed by atoms with Gasteiger partial charge in [-0.25, -0.2) is 0 Å². The molecular weight excluding hydrogens is 302 g/mol. The van der Waals surface area contributed by atoms with Crippen molar-refractivity contribution in [1.82, 2.24) is 0 Å². The summed E-state index contributed by atoms with van der Waals surface area (Å²) in [4.78, 5) is 9.87. The van der Waals surface area contributed by atoms with E-state index in [1.165, 1.54) is 0 Å². The zero-order valence-electron chi connectivity index (χ0n) is 14.9. The van der Waals surface area contributed by atoms with Crippen molar-refractivity contribution in [2.45, 2.75) is 20.3 Å². The first-order chi connectivity index (χ1) is 11.0. The Balaban J connectivity index is 0.000000423. The van der Waals surface area contributed by atoms with Crippen molar-refractivity contribution in [2.75, 3.05) is 79.5 Å². The summed E-state index contributed by atoms with van der Waals surface area (Å²) in [6, 6.07) is 0. The van der Waals surface area contributed by atoms with E-state index in [4.69, 9.17) is 18.9 Å². The Morgan fingerprint density at radius 2 is 1.57 bits per heavy atom. The molecule has 23 heavy (non-hydrogen) atoms. The van der Waals surface area contributed by atoms with Crippen molar-refractivity contribution in [3.63, 3.8) is 0 Å². The summed E-state index contributed by atoms with van der Waals surface area (Å²) < 4.78 is 21.6. The van der Waals surface area contributed by atoms with E-state index >= 15 is 0 Å². The van der Waals surface area contributed by atoms with E-state index in [9.17, 15) is 9.90 Å². The van der Waals surface area contributed by atoms with Crippen molar-refractivity contribution in [3.8, 4) is 0 Å². The van der Waals surface area contributed by atoms with Gasteiger partial charge in [-0.15, -0.1) is 0 Å². The van der Waals surface area contributed by atoms with Gasteiger partial charge < -0.3 is 33.3 Å². The molecule has 0 bridgehead atoms. The maximum atomic E-state index is 9.87. The Morgan fingerprint density at radius 3 is 2.13 bits per heavy atom. The number of hydrogen-bond acceptors (Lipinski definition) is 6. The number of carbonyl (C=O) groups is 1. The van der Waals surface area contributed by atoms with E-state index in [-0.39, 0.29) is 13.0 Å². The van der Waals surface area contributed by atoms with Gasteiger partial charge in [0.05, 0.1) is 46.7 Å². The zero-order chi connectivity index (χ0) is 17.4. The van der Waals surface area contributed by atoms with Gasteiger partial charge in [0.25, 0.3) is 0 Å². The summed E-state index contributed by atoms with van der Waals surface area (Å²) in [5.74, 6) is -1.08. The van der Waals surface area contributed by atoms with Gasteiger partial charge in [0.1, 0.15) is 19.6 Å². The second kappa shape index (κ2) is 14.8. The molecule has 0 aromatic carbocycles. The number of aliphatic carboxylic acids is 1. The number of nitrogens with zero attached hydrogens (tertiary/aromatic N) is 1. The van der Waals surface area contributed by atoms with Crippen LogP contribution in [0.1, 0.15) is 20.3 Å². The third-order valence-corrected chi connectivity index (χ3v) is 3.56. The van der Waals surface area contributed by atoms with Crippen LogP contribution >= 0.6 is 0 Å². The highest BCUT2D eigenvalue weighted by molar-refractivity contribution is 5.64. The van der Waals surface area contributed by atoms with Crippen LogP contribution in [0, 0.1) is 0 Å². The smallest absolute Gasteiger partial charge is 0.102 e. The third kappa shape index (κ3) is 14.6. The zero-order valence-corrected chi connectivity index (χ0v) is 14.9. The highest BCUT2D eigenvalue weighted by atomic mass is 16.5. The number of likely N-dealkylation sites (N-methyl/N-ethyl adjacent to an activating group) is 1. The first kappa shape index (κ1) is 22.3. The Hall–Kier alpha value is -0.730. The molecule has 0 aliphatic carbocycles. The molecule has 7 heteroatoms. The van der Waals surface area contributed by atoms with E-state index < -0.39 is 5.97 Å². The van der Waals surface area contributed by atoms with Crippen LogP contribution in [0.25, 0.3) is 0 Å². The molecule has 0 spiro atoms. The molecule has 1 saturated heterocycles. The molecule has 0 radical (unpaired) electrons. The largest absolute Gasteiger partial charge is 0.550 e. The van der Waals surface area contributed by atoms with Crippen LogP contribution in [0.4, 0.5) is 0 Å². The van der Waals surface area contributed by atoms with Crippen LogP contribution in [0.2, 0.25) is 0 Å². The van der Waals surface area contributed by atoms with Gasteiger partial charge in [-0.05, 0) is 13.8 Å². The SMILES string of the molecule is CCOCCOCCC(=O)[O-].CCOCC[N+]1(C)CCOCC1. The molecule has 0 aromatic rings. The molecule has 0 N–H and O–H groups in total. The fraction of sp³-hybridized carbons (Fsp3) is 0.938. The van der Waals surface area contributed by atoms with Gasteiger partial charge in [-0.3, -0.25) is 0 Å². The summed E-state index contributed by atoms with van der Waals surface area (Å²) in [6.07, 6.45) is -0.0495. The molecule has 1 aliphatic rings. The van der Waals surface area contributed by atoms with Crippen LogP contribution in [-0.4, -0.2) is 90.0 Å². The van der Waals surface area contributed by atoms with Gasteiger partial charge in [0.2, 0.25) is 0 Å².